The molecule has 8 heteroatoms. The van der Waals surface area contributed by atoms with Gasteiger partial charge in [-0.15, -0.1) is 10.2 Å². The molecule has 7 nitrogen and oxygen atoms in total. The number of thioether (sulfide) groups is 1. The smallest absolute Gasteiger partial charge is 0.233 e. The van der Waals surface area contributed by atoms with Gasteiger partial charge in [-0.05, 0) is 31.9 Å². The number of likely N-dealkylation sites (tertiary alicyclic amines) is 1. The number of amides is 1. The Kier molecular flexibility index (Phi) is 6.84. The highest BCUT2D eigenvalue weighted by Crippen LogP contribution is 2.26. The van der Waals surface area contributed by atoms with E-state index in [1.54, 1.807) is 4.90 Å². The van der Waals surface area contributed by atoms with E-state index in [0.29, 0.717) is 6.54 Å². The molecule has 2 saturated heterocycles. The quantitative estimate of drug-likeness (QED) is 0.633. The summed E-state index contributed by atoms with van der Waals surface area (Å²) in [5.41, 5.74) is 1.04. The highest BCUT2D eigenvalue weighted by Gasteiger charge is 2.25. The molecule has 1 amide bonds. The van der Waals surface area contributed by atoms with E-state index in [2.05, 4.69) is 32.2 Å². The number of carbonyl (C=O) groups excluding carboxylic acids is 1. The van der Waals surface area contributed by atoms with Gasteiger partial charge in [0.05, 0.1) is 24.4 Å². The minimum atomic E-state index is -0.255. The summed E-state index contributed by atoms with van der Waals surface area (Å²) >= 11 is 1.46. The molecular weight excluding hydrogens is 386 g/mol. The number of nitrogens with zero attached hydrogens (tertiary/aromatic N) is 3. The lowest BCUT2D eigenvalue weighted by atomic mass is 10.2. The minimum Gasteiger partial charge on any atom is -0.376 e. The Hall–Kier alpha value is -1.90. The van der Waals surface area contributed by atoms with Crippen LogP contribution in [0.25, 0.3) is 5.69 Å². The molecule has 0 saturated carbocycles. The van der Waals surface area contributed by atoms with Crippen molar-refractivity contribution in [3.63, 3.8) is 0 Å². The average molecular weight is 417 g/mol. The van der Waals surface area contributed by atoms with E-state index in [1.807, 2.05) is 25.1 Å². The Bertz CT molecular complexity index is 801. The number of benzene rings is 1. The van der Waals surface area contributed by atoms with Crippen LogP contribution in [0.1, 0.15) is 38.4 Å². The summed E-state index contributed by atoms with van der Waals surface area (Å²) in [6.45, 7) is 6.54. The molecule has 2 aliphatic heterocycles. The molecule has 2 aromatic rings. The first-order valence-corrected chi connectivity index (χ1v) is 11.5. The van der Waals surface area contributed by atoms with Gasteiger partial charge in [-0.2, -0.15) is 0 Å². The summed E-state index contributed by atoms with van der Waals surface area (Å²) in [7, 11) is 0. The third kappa shape index (κ3) is 5.18. The van der Waals surface area contributed by atoms with E-state index in [1.165, 1.54) is 37.7 Å². The fourth-order valence-electron chi connectivity index (χ4n) is 3.98. The van der Waals surface area contributed by atoms with Gasteiger partial charge in [0, 0.05) is 31.7 Å². The largest absolute Gasteiger partial charge is 0.376 e. The Balaban J connectivity index is 1.46. The van der Waals surface area contributed by atoms with Gasteiger partial charge in [0.25, 0.3) is 0 Å². The van der Waals surface area contributed by atoms with Gasteiger partial charge in [0.2, 0.25) is 5.91 Å². The third-order valence-electron chi connectivity index (χ3n) is 5.61. The van der Waals surface area contributed by atoms with Crippen molar-refractivity contribution >= 4 is 17.7 Å². The van der Waals surface area contributed by atoms with Crippen molar-refractivity contribution in [2.45, 2.75) is 55.7 Å². The molecule has 0 radical (unpaired) electrons. The van der Waals surface area contributed by atoms with Crippen LogP contribution in [-0.2, 0) is 16.1 Å². The molecule has 2 atom stereocenters. The Labute approximate surface area is 176 Å². The van der Waals surface area contributed by atoms with Crippen molar-refractivity contribution in [1.82, 2.24) is 20.1 Å². The van der Waals surface area contributed by atoms with E-state index in [-0.39, 0.29) is 17.3 Å². The molecule has 1 aromatic carbocycles. The maximum Gasteiger partial charge on any atom is 0.233 e. The van der Waals surface area contributed by atoms with Crippen LogP contribution in [0.5, 0.6) is 0 Å². The van der Waals surface area contributed by atoms with E-state index >= 15 is 0 Å². The molecular formula is C21H30N5O2S+. The van der Waals surface area contributed by atoms with Crippen LogP contribution in [0.15, 0.2) is 35.5 Å². The molecule has 3 heterocycles. The third-order valence-corrected chi connectivity index (χ3v) is 6.66. The van der Waals surface area contributed by atoms with Crippen molar-refractivity contribution in [2.24, 2.45) is 0 Å². The summed E-state index contributed by atoms with van der Waals surface area (Å²) in [6.07, 6.45) is 4.80. The van der Waals surface area contributed by atoms with Gasteiger partial charge < -0.3 is 15.0 Å². The lowest BCUT2D eigenvalue weighted by molar-refractivity contribution is -0.902. The van der Waals surface area contributed by atoms with Gasteiger partial charge in [-0.3, -0.25) is 9.36 Å². The number of para-hydroxylation sites is 1. The first-order chi connectivity index (χ1) is 14.2. The maximum atomic E-state index is 12.6. The van der Waals surface area contributed by atoms with E-state index in [9.17, 15) is 4.79 Å². The minimum absolute atomic E-state index is 0.0137. The fraction of sp³-hybridized carbons (Fsp3) is 0.571. The van der Waals surface area contributed by atoms with Crippen LogP contribution in [0.3, 0.4) is 0 Å². The number of hydrogen-bond acceptors (Lipinski definition) is 5. The molecule has 1 aromatic heterocycles. The molecule has 156 valence electrons. The number of quaternary nitrogens is 1. The lowest BCUT2D eigenvalue weighted by Crippen LogP contribution is -3.08. The molecule has 0 aliphatic carbocycles. The van der Waals surface area contributed by atoms with Crippen LogP contribution in [0.4, 0.5) is 0 Å². The second-order valence-electron chi connectivity index (χ2n) is 7.84. The maximum absolute atomic E-state index is 12.6. The number of hydrogen-bond donors (Lipinski definition) is 2. The summed E-state index contributed by atoms with van der Waals surface area (Å²) in [6, 6.07) is 10.2. The molecule has 0 unspecified atom stereocenters. The second-order valence-corrected chi connectivity index (χ2v) is 9.15. The van der Waals surface area contributed by atoms with Crippen molar-refractivity contribution in [3.05, 3.63) is 36.2 Å². The van der Waals surface area contributed by atoms with Crippen LogP contribution in [-0.4, -0.2) is 58.3 Å². The summed E-state index contributed by atoms with van der Waals surface area (Å²) < 4.78 is 7.71. The summed E-state index contributed by atoms with van der Waals surface area (Å²) in [5, 5.41) is 12.5. The summed E-state index contributed by atoms with van der Waals surface area (Å²) in [4.78, 5) is 14.1. The van der Waals surface area contributed by atoms with Crippen molar-refractivity contribution in [1.29, 1.82) is 0 Å². The van der Waals surface area contributed by atoms with Crippen LogP contribution >= 0.6 is 11.8 Å². The number of ether oxygens (including phenoxy) is 1. The molecule has 29 heavy (non-hydrogen) atoms. The molecule has 2 N–H and O–H groups in total. The molecule has 0 bridgehead atoms. The van der Waals surface area contributed by atoms with E-state index in [4.69, 9.17) is 4.74 Å². The molecule has 0 spiro atoms. The molecule has 2 fully saturated rings. The normalized spacial score (nSPS) is 20.8. The predicted octanol–water partition coefficient (Wildman–Crippen LogP) is 1.22. The lowest BCUT2D eigenvalue weighted by Gasteiger charge is -2.16. The van der Waals surface area contributed by atoms with Gasteiger partial charge in [0.15, 0.2) is 11.0 Å². The number of rotatable bonds is 8. The highest BCUT2D eigenvalue weighted by molar-refractivity contribution is 8.00. The zero-order valence-corrected chi connectivity index (χ0v) is 17.8. The van der Waals surface area contributed by atoms with Crippen LogP contribution in [0, 0.1) is 0 Å². The molecule has 4 rings (SSSR count). The number of aromatic nitrogens is 3. The van der Waals surface area contributed by atoms with Gasteiger partial charge >= 0.3 is 0 Å². The Morgan fingerprint density at radius 2 is 2.07 bits per heavy atom. The predicted molar refractivity (Wildman–Crippen MR) is 112 cm³/mol. The van der Waals surface area contributed by atoms with Gasteiger partial charge in [-0.25, -0.2) is 0 Å². The fourth-order valence-corrected chi connectivity index (χ4v) is 4.89. The zero-order chi connectivity index (χ0) is 20.1. The van der Waals surface area contributed by atoms with Crippen LogP contribution < -0.4 is 10.2 Å². The van der Waals surface area contributed by atoms with Crippen molar-refractivity contribution < 1.29 is 14.4 Å². The zero-order valence-electron chi connectivity index (χ0n) is 17.0. The highest BCUT2D eigenvalue weighted by atomic mass is 32.2. The van der Waals surface area contributed by atoms with Gasteiger partial charge in [-0.1, -0.05) is 30.0 Å². The Morgan fingerprint density at radius 3 is 2.79 bits per heavy atom. The topological polar surface area (TPSA) is 73.5 Å². The molecule has 2 aliphatic rings. The Morgan fingerprint density at radius 1 is 1.28 bits per heavy atom. The average Bonchev–Trinajstić information content (AvgIpc) is 3.50. The van der Waals surface area contributed by atoms with E-state index < -0.39 is 0 Å². The standard InChI is InChI=1S/C21H29N5O2S/c1-16(20(27)22-14-18-10-7-13-28-18)29-21-24-23-19(15-25-11-5-6-12-25)26(21)17-8-3-2-4-9-17/h2-4,8-9,16,18H,5-7,10-15H2,1H3,(H,22,27)/p+1/t16-,18+/m1/s1. The monoisotopic (exact) mass is 416 g/mol. The first-order valence-electron chi connectivity index (χ1n) is 10.6. The van der Waals surface area contributed by atoms with Crippen LogP contribution in [0.2, 0.25) is 0 Å². The first kappa shape index (κ1) is 20.4. The SMILES string of the molecule is C[C@@H](Sc1nnc(C[NH+]2CCCC2)n1-c1ccccc1)C(=O)NC[C@@H]1CCCO1. The number of nitrogens with one attached hydrogen (secondary N) is 2. The van der Waals surface area contributed by atoms with Crippen molar-refractivity contribution in [2.75, 3.05) is 26.2 Å². The summed E-state index contributed by atoms with van der Waals surface area (Å²) in [5.74, 6) is 0.974. The van der Waals surface area contributed by atoms with Gasteiger partial charge in [0.1, 0.15) is 6.54 Å². The van der Waals surface area contributed by atoms with E-state index in [0.717, 1.165) is 42.7 Å². The second kappa shape index (κ2) is 9.73. The van der Waals surface area contributed by atoms with Crippen molar-refractivity contribution in [3.8, 4) is 5.69 Å². The number of carbonyl (C=O) groups is 1.